The number of oxazole rings is 3. The number of pyridine rings is 3. The lowest BCUT2D eigenvalue weighted by Crippen LogP contribution is -2.45. The number of anilines is 9. The monoisotopic (exact) mass is 1480 g/mol. The van der Waals surface area contributed by atoms with E-state index < -0.39 is 42.7 Å². The Labute approximate surface area is 612 Å². The lowest BCUT2D eigenvalue weighted by molar-refractivity contribution is -0.0864. The number of benzene rings is 3. The van der Waals surface area contributed by atoms with Crippen molar-refractivity contribution in [3.63, 3.8) is 0 Å². The van der Waals surface area contributed by atoms with Gasteiger partial charge in [0.05, 0.1) is 52.7 Å². The van der Waals surface area contributed by atoms with Crippen LogP contribution in [-0.2, 0) is 34.7 Å². The summed E-state index contributed by atoms with van der Waals surface area (Å²) in [4.78, 5) is 84.6. The van der Waals surface area contributed by atoms with Crippen LogP contribution < -0.4 is 62.1 Å². The van der Waals surface area contributed by atoms with E-state index in [2.05, 4.69) is 46.2 Å². The lowest BCUT2D eigenvalue weighted by Gasteiger charge is -2.37. The van der Waals surface area contributed by atoms with Crippen LogP contribution in [0.4, 0.5) is 52.2 Å². The fourth-order valence-corrected chi connectivity index (χ4v) is 14.7. The summed E-state index contributed by atoms with van der Waals surface area (Å²) in [6, 6.07) is 28.1. The fraction of sp³-hybridized carbons (Fsp3) is 0.333. The molecule has 0 aliphatic carbocycles. The molecule has 0 unspecified atom stereocenters. The van der Waals surface area contributed by atoms with Crippen LogP contribution in [0.1, 0.15) is 108 Å². The Kier molecular flexibility index (Phi) is 18.4. The highest BCUT2D eigenvalue weighted by Crippen LogP contribution is 2.65. The van der Waals surface area contributed by atoms with E-state index in [4.69, 9.17) is 73.2 Å². The molecule has 9 aromatic heterocycles. The second-order valence-corrected chi connectivity index (χ2v) is 30.1. The van der Waals surface area contributed by atoms with E-state index in [0.717, 1.165) is 0 Å². The van der Waals surface area contributed by atoms with Crippen LogP contribution in [0.2, 0.25) is 0 Å². The topological polar surface area (TPSA) is 421 Å². The van der Waals surface area contributed by atoms with Crippen molar-refractivity contribution in [1.82, 2.24) is 59.2 Å². The minimum absolute atomic E-state index is 0.0182. The first-order valence-corrected chi connectivity index (χ1v) is 35.8. The number of amides is 3. The Morgan fingerprint density at radius 3 is 0.981 bits per heavy atom. The van der Waals surface area contributed by atoms with Gasteiger partial charge in [0.15, 0.2) is 33.8 Å². The first kappa shape index (κ1) is 70.7. The number of carbonyl (C=O) groups excluding carboxylic acids is 3. The molecule has 0 radical (unpaired) electrons. The molecule has 554 valence electrons. The maximum atomic E-state index is 12.9. The van der Waals surface area contributed by atoms with Crippen molar-refractivity contribution >= 4 is 111 Å². The molecule has 12 heterocycles. The van der Waals surface area contributed by atoms with Gasteiger partial charge in [-0.15, -0.1) is 13.6 Å². The van der Waals surface area contributed by atoms with Gasteiger partial charge in [0, 0.05) is 132 Å². The average molecular weight is 1480 g/mol. The SMILES string of the molecule is Cn1cc(Nc2ccc(C3CN(c4nc5ccc(OCC(C)(C)O[P+](O)(OC(C)(C)COc6ccc7nc(N8CC(c9ccc(Nc%10cnn(C)c%10)c(C(N)=O)n9)C8)oc7c6)OC(C)(C)COc6ccc7nc(N8CC(c9ccc(Nc%10cnn(C)c%10)c(C(N)=O)n9)C8)oc7c6)cc5o4)C3)nc2C(N)=O)cn1. The number of ether oxygens (including phenoxy) is 3. The van der Waals surface area contributed by atoms with Gasteiger partial charge in [-0.2, -0.15) is 35.1 Å². The van der Waals surface area contributed by atoms with Gasteiger partial charge in [-0.05, 0) is 114 Å². The summed E-state index contributed by atoms with van der Waals surface area (Å²) >= 11 is 0. The Morgan fingerprint density at radius 2 is 0.729 bits per heavy atom. The molecule has 107 heavy (non-hydrogen) atoms. The number of nitrogens with zero attached hydrogens (tertiary/aromatic N) is 15. The molecule has 3 fully saturated rings. The zero-order valence-corrected chi connectivity index (χ0v) is 60.8. The maximum Gasteiger partial charge on any atom is 0.574 e. The van der Waals surface area contributed by atoms with Crippen LogP contribution in [0.5, 0.6) is 17.2 Å². The highest BCUT2D eigenvalue weighted by molar-refractivity contribution is 7.55. The normalized spacial score (nSPS) is 14.7. The zero-order chi connectivity index (χ0) is 74.8. The first-order chi connectivity index (χ1) is 51.0. The second kappa shape index (κ2) is 27.8. The quantitative estimate of drug-likeness (QED) is 0.0206. The molecular formula is C72H79N21O13P+. The van der Waals surface area contributed by atoms with E-state index in [-0.39, 0.29) is 54.7 Å². The van der Waals surface area contributed by atoms with Crippen LogP contribution >= 0.6 is 8.17 Å². The lowest BCUT2D eigenvalue weighted by atomic mass is 9.96. The Morgan fingerprint density at radius 1 is 0.449 bits per heavy atom. The van der Waals surface area contributed by atoms with Gasteiger partial charge in [-0.1, -0.05) is 0 Å². The molecule has 15 rings (SSSR count). The number of aryl methyl sites for hydroxylation is 3. The molecule has 3 amide bonds. The Hall–Kier alpha value is -12.0. The minimum Gasteiger partial charge on any atom is -0.490 e. The summed E-state index contributed by atoms with van der Waals surface area (Å²) in [7, 11) is 0.961. The standard InChI is InChI=1S/C72H78N21O13P/c1-70(2,37-98-46-10-13-52-58(22-46)101-67(85-52)91-28-40(29-91)49-16-19-55(61(82-49)64(73)94)79-43-25-76-88(7)34-43)104-107(97,105-71(3,4)38-99-47-11-14-53-59(23-47)102-68(86-53)92-30-41(31-92)50-17-20-56(62(83-50)65(74)95)80-44-26-77-89(8)35-44)106-72(5,6)39-100-48-12-15-54-60(24-48)103-69(87-54)93-32-42(33-93)51-18-21-57(63(84-51)66(75)96)81-45-27-78-90(9)36-45/h10-27,34-36,40-42,97H,28-33,37-39H2,1-9H3,(H8-,73,74,75,79,80,81,94,95,96)/p+1. The molecule has 10 N–H and O–H groups in total. The summed E-state index contributed by atoms with van der Waals surface area (Å²) in [6.07, 6.45) is 10.3. The van der Waals surface area contributed by atoms with E-state index in [9.17, 15) is 19.3 Å². The van der Waals surface area contributed by atoms with E-state index in [1.807, 2.05) is 32.9 Å². The van der Waals surface area contributed by atoms with Crippen molar-refractivity contribution in [2.45, 2.75) is 76.1 Å². The number of carbonyl (C=O) groups is 3. The molecule has 0 saturated carbocycles. The fourth-order valence-electron chi connectivity index (χ4n) is 12.6. The van der Waals surface area contributed by atoms with Crippen LogP contribution in [0.3, 0.4) is 0 Å². The third-order valence-electron chi connectivity index (χ3n) is 18.0. The predicted octanol–water partition coefficient (Wildman–Crippen LogP) is 9.43. The number of rotatable bonds is 30. The van der Waals surface area contributed by atoms with Crippen molar-refractivity contribution in [3.8, 4) is 17.2 Å². The van der Waals surface area contributed by atoms with Gasteiger partial charge in [0.2, 0.25) is 0 Å². The summed E-state index contributed by atoms with van der Waals surface area (Å²) in [6.45, 7) is 13.3. The minimum atomic E-state index is -4.43. The molecule has 3 saturated heterocycles. The van der Waals surface area contributed by atoms with Crippen LogP contribution in [-0.4, -0.2) is 158 Å². The van der Waals surface area contributed by atoms with Crippen LogP contribution in [0, 0.1) is 0 Å². The van der Waals surface area contributed by atoms with Gasteiger partial charge in [0.25, 0.3) is 35.8 Å². The molecule has 0 spiro atoms. The van der Waals surface area contributed by atoms with Crippen LogP contribution in [0.25, 0.3) is 33.3 Å². The number of hydrogen-bond donors (Lipinski definition) is 7. The largest absolute Gasteiger partial charge is 0.574 e. The third-order valence-corrected chi connectivity index (χ3v) is 20.2. The molecular weight excluding hydrogens is 1400 g/mol. The number of nitrogens with one attached hydrogen (secondary N) is 3. The first-order valence-electron chi connectivity index (χ1n) is 34.3. The summed E-state index contributed by atoms with van der Waals surface area (Å²) in [5, 5.41) is 22.0. The highest BCUT2D eigenvalue weighted by atomic mass is 31.2. The van der Waals surface area contributed by atoms with E-state index in [1.165, 1.54) is 0 Å². The molecule has 35 heteroatoms. The summed E-state index contributed by atoms with van der Waals surface area (Å²) in [5.41, 5.74) is 22.7. The summed E-state index contributed by atoms with van der Waals surface area (Å²) < 4.78 is 62.8. The van der Waals surface area contributed by atoms with E-state index in [1.54, 1.807) is 187 Å². The highest BCUT2D eigenvalue weighted by Gasteiger charge is 2.58. The number of hydrogen-bond acceptors (Lipinski definition) is 28. The number of nitrogens with two attached hydrogens (primary N) is 3. The van der Waals surface area contributed by atoms with Crippen molar-refractivity contribution in [2.75, 3.05) is 89.7 Å². The van der Waals surface area contributed by atoms with Gasteiger partial charge in [-0.3, -0.25) is 28.4 Å². The second-order valence-electron chi connectivity index (χ2n) is 28.6. The average Bonchev–Trinajstić information content (AvgIpc) is 1.71. The van der Waals surface area contributed by atoms with E-state index >= 15 is 0 Å². The molecule has 3 aromatic carbocycles. The van der Waals surface area contributed by atoms with Gasteiger partial charge < -0.3 is 75.3 Å². The molecule has 3 aliphatic rings. The Balaban J connectivity index is 0.599. The predicted molar refractivity (Wildman–Crippen MR) is 396 cm³/mol. The molecule has 34 nitrogen and oxygen atoms in total. The smallest absolute Gasteiger partial charge is 0.490 e. The molecule has 12 aromatic rings. The van der Waals surface area contributed by atoms with Crippen molar-refractivity contribution < 1.29 is 60.3 Å². The summed E-state index contributed by atoms with van der Waals surface area (Å²) in [5.74, 6) is -0.716. The molecule has 0 atom stereocenters. The third kappa shape index (κ3) is 15.7. The van der Waals surface area contributed by atoms with Gasteiger partial charge in [0.1, 0.15) is 70.4 Å². The van der Waals surface area contributed by atoms with Crippen LogP contribution in [0.15, 0.2) is 141 Å². The number of aromatic nitrogens is 12. The van der Waals surface area contributed by atoms with Gasteiger partial charge >= 0.3 is 8.17 Å². The molecule has 0 bridgehead atoms. The van der Waals surface area contributed by atoms with Crippen molar-refractivity contribution in [1.29, 1.82) is 0 Å². The number of primary amides is 3. The molecule has 3 aliphatic heterocycles. The Bertz CT molecular complexity index is 4840. The maximum absolute atomic E-state index is 12.9. The zero-order valence-electron chi connectivity index (χ0n) is 60.0. The van der Waals surface area contributed by atoms with E-state index in [0.29, 0.717) is 159 Å². The number of fused-ring (bicyclic) bond motifs is 3. The van der Waals surface area contributed by atoms with Crippen molar-refractivity contribution in [2.24, 2.45) is 38.3 Å². The van der Waals surface area contributed by atoms with Gasteiger partial charge in [-0.25, -0.2) is 15.0 Å². The van der Waals surface area contributed by atoms with Crippen molar-refractivity contribution in [3.05, 3.63) is 162 Å².